The van der Waals surface area contributed by atoms with Gasteiger partial charge in [-0.05, 0) is 56.2 Å². The van der Waals surface area contributed by atoms with Gasteiger partial charge in [-0.15, -0.1) is 0 Å². The largest absolute Gasteiger partial charge is 0.485 e. The van der Waals surface area contributed by atoms with Crippen LogP contribution in [0.15, 0.2) is 36.4 Å². The molecule has 0 N–H and O–H groups in total. The molecular formula is C18H18O3. The zero-order valence-corrected chi connectivity index (χ0v) is 12.5. The average molecular weight is 282 g/mol. The number of rotatable bonds is 5. The Hall–Kier alpha value is -2.42. The molecule has 0 fully saturated rings. The Labute approximate surface area is 124 Å². The summed E-state index contributed by atoms with van der Waals surface area (Å²) in [5.41, 5.74) is 4.39. The van der Waals surface area contributed by atoms with E-state index in [1.54, 1.807) is 24.3 Å². The van der Waals surface area contributed by atoms with Crippen molar-refractivity contribution in [3.63, 3.8) is 0 Å². The Kier molecular flexibility index (Phi) is 4.53. The molecule has 0 aliphatic heterocycles. The molecule has 0 saturated carbocycles. The van der Waals surface area contributed by atoms with Gasteiger partial charge in [-0.1, -0.05) is 17.7 Å². The summed E-state index contributed by atoms with van der Waals surface area (Å²) in [6.07, 6.45) is 0.772. The molecule has 0 bridgehead atoms. The van der Waals surface area contributed by atoms with E-state index in [9.17, 15) is 9.59 Å². The summed E-state index contributed by atoms with van der Waals surface area (Å²) < 4.78 is 5.50. The van der Waals surface area contributed by atoms with E-state index in [1.165, 1.54) is 0 Å². The number of benzene rings is 2. The van der Waals surface area contributed by atoms with Crippen LogP contribution in [-0.2, 0) is 0 Å². The van der Waals surface area contributed by atoms with Crippen molar-refractivity contribution in [2.45, 2.75) is 20.8 Å². The van der Waals surface area contributed by atoms with E-state index >= 15 is 0 Å². The topological polar surface area (TPSA) is 43.4 Å². The Morgan fingerprint density at radius 1 is 1.05 bits per heavy atom. The molecule has 108 valence electrons. The smallest absolute Gasteiger partial charge is 0.200 e. The number of hydrogen-bond donors (Lipinski definition) is 0. The number of carbonyl (C=O) groups is 2. The molecule has 2 aromatic rings. The van der Waals surface area contributed by atoms with E-state index in [0.29, 0.717) is 11.3 Å². The van der Waals surface area contributed by atoms with E-state index in [2.05, 4.69) is 0 Å². The van der Waals surface area contributed by atoms with E-state index in [4.69, 9.17) is 4.74 Å². The number of ketones is 1. The zero-order chi connectivity index (χ0) is 15.4. The normalized spacial score (nSPS) is 10.2. The van der Waals surface area contributed by atoms with Crippen LogP contribution in [-0.4, -0.2) is 18.7 Å². The van der Waals surface area contributed by atoms with Crippen molar-refractivity contribution in [1.82, 2.24) is 0 Å². The summed E-state index contributed by atoms with van der Waals surface area (Å²) in [7, 11) is 0. The van der Waals surface area contributed by atoms with Gasteiger partial charge in [0.2, 0.25) is 5.78 Å². The minimum absolute atomic E-state index is 0.00875. The van der Waals surface area contributed by atoms with Gasteiger partial charge in [-0.3, -0.25) is 9.59 Å². The van der Waals surface area contributed by atoms with Gasteiger partial charge in [0, 0.05) is 11.1 Å². The number of ether oxygens (including phenoxy) is 1. The van der Waals surface area contributed by atoms with Crippen LogP contribution >= 0.6 is 0 Å². The highest BCUT2D eigenvalue weighted by Crippen LogP contribution is 2.18. The molecule has 0 saturated heterocycles. The molecule has 2 aromatic carbocycles. The van der Waals surface area contributed by atoms with Crippen LogP contribution in [0.5, 0.6) is 5.75 Å². The monoisotopic (exact) mass is 282 g/mol. The standard InChI is InChI=1S/C18H18O3/c1-12-8-13(2)18(14(3)9-12)17(20)11-21-16-6-4-15(10-19)5-7-16/h4-10H,11H2,1-3H3. The second-order valence-electron chi connectivity index (χ2n) is 5.17. The van der Waals surface area contributed by atoms with Gasteiger partial charge in [0.15, 0.2) is 6.61 Å². The van der Waals surface area contributed by atoms with Gasteiger partial charge in [0.25, 0.3) is 0 Å². The molecule has 0 spiro atoms. The molecule has 3 nitrogen and oxygen atoms in total. The van der Waals surface area contributed by atoms with Gasteiger partial charge in [0.1, 0.15) is 12.0 Å². The van der Waals surface area contributed by atoms with Crippen molar-refractivity contribution in [2.75, 3.05) is 6.61 Å². The molecule has 21 heavy (non-hydrogen) atoms. The van der Waals surface area contributed by atoms with Crippen LogP contribution in [0.1, 0.15) is 37.4 Å². The van der Waals surface area contributed by atoms with Crippen LogP contribution in [0.3, 0.4) is 0 Å². The van der Waals surface area contributed by atoms with Crippen molar-refractivity contribution >= 4 is 12.1 Å². The Morgan fingerprint density at radius 2 is 1.62 bits per heavy atom. The van der Waals surface area contributed by atoms with Gasteiger partial charge >= 0.3 is 0 Å². The Balaban J connectivity index is 2.09. The maximum Gasteiger partial charge on any atom is 0.200 e. The lowest BCUT2D eigenvalue weighted by molar-refractivity contribution is 0.0920. The summed E-state index contributed by atoms with van der Waals surface area (Å²) >= 11 is 0. The summed E-state index contributed by atoms with van der Waals surface area (Å²) in [6.45, 7) is 5.88. The fraction of sp³-hybridized carbons (Fsp3) is 0.222. The van der Waals surface area contributed by atoms with Crippen LogP contribution in [0.4, 0.5) is 0 Å². The second-order valence-corrected chi connectivity index (χ2v) is 5.17. The highest BCUT2D eigenvalue weighted by atomic mass is 16.5. The molecule has 0 amide bonds. The molecule has 2 rings (SSSR count). The molecule has 0 heterocycles. The van der Waals surface area contributed by atoms with Crippen LogP contribution in [0.2, 0.25) is 0 Å². The molecule has 3 heteroatoms. The van der Waals surface area contributed by atoms with Crippen molar-refractivity contribution in [3.05, 3.63) is 64.2 Å². The predicted octanol–water partition coefficient (Wildman–Crippen LogP) is 3.69. The second kappa shape index (κ2) is 6.35. The van der Waals surface area contributed by atoms with E-state index < -0.39 is 0 Å². The van der Waals surface area contributed by atoms with Gasteiger partial charge in [-0.25, -0.2) is 0 Å². The fourth-order valence-electron chi connectivity index (χ4n) is 2.48. The van der Waals surface area contributed by atoms with E-state index in [1.807, 2.05) is 32.9 Å². The highest BCUT2D eigenvalue weighted by Gasteiger charge is 2.13. The third-order valence-electron chi connectivity index (χ3n) is 3.34. The van der Waals surface area contributed by atoms with Gasteiger partial charge in [-0.2, -0.15) is 0 Å². The minimum atomic E-state index is -0.0375. The number of hydrogen-bond acceptors (Lipinski definition) is 3. The summed E-state index contributed by atoms with van der Waals surface area (Å²) in [4.78, 5) is 22.9. The van der Waals surface area contributed by atoms with Crippen molar-refractivity contribution < 1.29 is 14.3 Å². The maximum atomic E-state index is 12.3. The molecule has 0 atom stereocenters. The first kappa shape index (κ1) is 15.0. The van der Waals surface area contributed by atoms with Crippen molar-refractivity contribution in [3.8, 4) is 5.75 Å². The molecule has 0 unspecified atom stereocenters. The first-order chi connectivity index (χ1) is 10.0. The molecule has 0 radical (unpaired) electrons. The highest BCUT2D eigenvalue weighted by molar-refractivity contribution is 6.00. The summed E-state index contributed by atoms with van der Waals surface area (Å²) in [5, 5.41) is 0. The summed E-state index contributed by atoms with van der Waals surface area (Å²) in [5.74, 6) is 0.542. The zero-order valence-electron chi connectivity index (χ0n) is 12.5. The molecule has 0 aromatic heterocycles. The number of aldehydes is 1. The predicted molar refractivity (Wildman–Crippen MR) is 82.3 cm³/mol. The van der Waals surface area contributed by atoms with Crippen molar-refractivity contribution in [2.24, 2.45) is 0 Å². The van der Waals surface area contributed by atoms with Gasteiger partial charge in [0.05, 0.1) is 0 Å². The summed E-state index contributed by atoms with van der Waals surface area (Å²) in [6, 6.07) is 10.7. The lowest BCUT2D eigenvalue weighted by atomic mass is 9.97. The maximum absolute atomic E-state index is 12.3. The van der Waals surface area contributed by atoms with E-state index in [-0.39, 0.29) is 12.4 Å². The molecule has 0 aliphatic rings. The number of aryl methyl sites for hydroxylation is 3. The Morgan fingerprint density at radius 3 is 2.14 bits per heavy atom. The molecular weight excluding hydrogens is 264 g/mol. The fourth-order valence-corrected chi connectivity index (χ4v) is 2.48. The lowest BCUT2D eigenvalue weighted by Gasteiger charge is -2.11. The van der Waals surface area contributed by atoms with E-state index in [0.717, 1.165) is 28.5 Å². The average Bonchev–Trinajstić information content (AvgIpc) is 2.44. The third kappa shape index (κ3) is 3.57. The van der Waals surface area contributed by atoms with Gasteiger partial charge < -0.3 is 4.74 Å². The molecule has 0 aliphatic carbocycles. The Bertz CT molecular complexity index is 646. The number of carbonyl (C=O) groups excluding carboxylic acids is 2. The third-order valence-corrected chi connectivity index (χ3v) is 3.34. The minimum Gasteiger partial charge on any atom is -0.485 e. The lowest BCUT2D eigenvalue weighted by Crippen LogP contribution is -2.14. The quantitative estimate of drug-likeness (QED) is 0.620. The SMILES string of the molecule is Cc1cc(C)c(C(=O)COc2ccc(C=O)cc2)c(C)c1. The first-order valence-corrected chi connectivity index (χ1v) is 6.80. The van der Waals surface area contributed by atoms with Crippen LogP contribution in [0, 0.1) is 20.8 Å². The number of Topliss-reactive ketones (excluding diaryl/α,β-unsaturated/α-hetero) is 1. The first-order valence-electron chi connectivity index (χ1n) is 6.80. The van der Waals surface area contributed by atoms with Crippen LogP contribution in [0.25, 0.3) is 0 Å². The van der Waals surface area contributed by atoms with Crippen molar-refractivity contribution in [1.29, 1.82) is 0 Å². The van der Waals surface area contributed by atoms with Crippen LogP contribution < -0.4 is 4.74 Å².